The predicted octanol–water partition coefficient (Wildman–Crippen LogP) is 1.10. The molecule has 1 aromatic carbocycles. The van der Waals surface area contributed by atoms with Gasteiger partial charge < -0.3 is 10.5 Å². The zero-order chi connectivity index (χ0) is 12.0. The zero-order valence-electron chi connectivity index (χ0n) is 9.27. The zero-order valence-corrected chi connectivity index (χ0v) is 9.27. The minimum Gasteiger partial charge on any atom is -0.465 e. The SMILES string of the molecule is C#Cc1ccc(C[C@@H](N)C(=O)OCC)cc1. The van der Waals surface area contributed by atoms with Crippen molar-refractivity contribution in [2.24, 2.45) is 5.73 Å². The standard InChI is InChI=1S/C13H15NO2/c1-3-10-5-7-11(8-6-10)9-12(14)13(15)16-4-2/h1,5-8,12H,4,9,14H2,2H3/t12-/m1/s1. The van der Waals surface area contributed by atoms with Gasteiger partial charge in [0.15, 0.2) is 0 Å². The van der Waals surface area contributed by atoms with Gasteiger partial charge in [0.05, 0.1) is 6.61 Å². The number of esters is 1. The summed E-state index contributed by atoms with van der Waals surface area (Å²) in [6, 6.07) is 6.78. The Morgan fingerprint density at radius 3 is 2.62 bits per heavy atom. The van der Waals surface area contributed by atoms with Gasteiger partial charge in [0, 0.05) is 5.56 Å². The Balaban J connectivity index is 2.59. The van der Waals surface area contributed by atoms with E-state index in [1.165, 1.54) is 0 Å². The summed E-state index contributed by atoms with van der Waals surface area (Å²) in [6.45, 7) is 2.11. The molecule has 0 unspecified atom stereocenters. The van der Waals surface area contributed by atoms with E-state index in [-0.39, 0.29) is 5.97 Å². The first-order valence-electron chi connectivity index (χ1n) is 5.15. The summed E-state index contributed by atoms with van der Waals surface area (Å²) >= 11 is 0. The van der Waals surface area contributed by atoms with Gasteiger partial charge in [-0.2, -0.15) is 0 Å². The van der Waals surface area contributed by atoms with E-state index in [2.05, 4.69) is 5.92 Å². The van der Waals surface area contributed by atoms with Crippen LogP contribution in [0.25, 0.3) is 0 Å². The second kappa shape index (κ2) is 5.94. The van der Waals surface area contributed by atoms with Gasteiger partial charge in [0.1, 0.15) is 6.04 Å². The highest BCUT2D eigenvalue weighted by Crippen LogP contribution is 2.06. The molecule has 0 saturated heterocycles. The lowest BCUT2D eigenvalue weighted by molar-refractivity contribution is -0.144. The number of ether oxygens (including phenoxy) is 1. The van der Waals surface area contributed by atoms with Crippen LogP contribution in [-0.2, 0) is 16.0 Å². The monoisotopic (exact) mass is 217 g/mol. The maximum Gasteiger partial charge on any atom is 0.323 e. The van der Waals surface area contributed by atoms with Gasteiger partial charge in [-0.3, -0.25) is 4.79 Å². The molecule has 0 bridgehead atoms. The molecule has 3 heteroatoms. The van der Waals surface area contributed by atoms with Crippen LogP contribution in [0.15, 0.2) is 24.3 Å². The van der Waals surface area contributed by atoms with E-state index in [9.17, 15) is 4.79 Å². The van der Waals surface area contributed by atoms with Crippen LogP contribution in [0.1, 0.15) is 18.1 Å². The maximum absolute atomic E-state index is 11.3. The molecular formula is C13H15NO2. The van der Waals surface area contributed by atoms with Crippen molar-refractivity contribution in [3.63, 3.8) is 0 Å². The quantitative estimate of drug-likeness (QED) is 0.607. The molecule has 0 aliphatic rings. The topological polar surface area (TPSA) is 52.3 Å². The summed E-state index contributed by atoms with van der Waals surface area (Å²) in [7, 11) is 0. The van der Waals surface area contributed by atoms with E-state index in [1.54, 1.807) is 6.92 Å². The first kappa shape index (κ1) is 12.3. The molecule has 3 nitrogen and oxygen atoms in total. The number of hydrogen-bond donors (Lipinski definition) is 1. The van der Waals surface area contributed by atoms with E-state index in [4.69, 9.17) is 16.9 Å². The summed E-state index contributed by atoms with van der Waals surface area (Å²) in [5.74, 6) is 2.16. The molecule has 0 aliphatic carbocycles. The summed E-state index contributed by atoms with van der Waals surface area (Å²) in [6.07, 6.45) is 5.70. The van der Waals surface area contributed by atoms with Crippen molar-refractivity contribution >= 4 is 5.97 Å². The summed E-state index contributed by atoms with van der Waals surface area (Å²) < 4.78 is 4.82. The van der Waals surface area contributed by atoms with Crippen molar-refractivity contribution in [3.8, 4) is 12.3 Å². The third kappa shape index (κ3) is 3.41. The van der Waals surface area contributed by atoms with E-state index >= 15 is 0 Å². The number of carbonyl (C=O) groups excluding carboxylic acids is 1. The number of benzene rings is 1. The van der Waals surface area contributed by atoms with E-state index < -0.39 is 6.04 Å². The van der Waals surface area contributed by atoms with Gasteiger partial charge in [0.2, 0.25) is 0 Å². The van der Waals surface area contributed by atoms with Crippen LogP contribution in [0.2, 0.25) is 0 Å². The van der Waals surface area contributed by atoms with Crippen LogP contribution < -0.4 is 5.73 Å². The second-order valence-corrected chi connectivity index (χ2v) is 3.40. The Morgan fingerprint density at radius 1 is 1.50 bits per heavy atom. The van der Waals surface area contributed by atoms with Crippen LogP contribution in [0.4, 0.5) is 0 Å². The van der Waals surface area contributed by atoms with Crippen molar-refractivity contribution < 1.29 is 9.53 Å². The molecule has 1 aromatic rings. The van der Waals surface area contributed by atoms with Gasteiger partial charge in [-0.25, -0.2) is 0 Å². The lowest BCUT2D eigenvalue weighted by Crippen LogP contribution is -2.34. The third-order valence-corrected chi connectivity index (χ3v) is 2.17. The largest absolute Gasteiger partial charge is 0.465 e. The van der Waals surface area contributed by atoms with E-state index in [1.807, 2.05) is 24.3 Å². The molecule has 0 heterocycles. The molecule has 2 N–H and O–H groups in total. The van der Waals surface area contributed by atoms with Crippen molar-refractivity contribution in [1.29, 1.82) is 0 Å². The van der Waals surface area contributed by atoms with Crippen LogP contribution in [0.5, 0.6) is 0 Å². The highest BCUT2D eigenvalue weighted by Gasteiger charge is 2.14. The van der Waals surface area contributed by atoms with Gasteiger partial charge in [-0.05, 0) is 31.0 Å². The van der Waals surface area contributed by atoms with Crippen molar-refractivity contribution in [1.82, 2.24) is 0 Å². The minimum atomic E-state index is -0.614. The van der Waals surface area contributed by atoms with Crippen LogP contribution in [-0.4, -0.2) is 18.6 Å². The highest BCUT2D eigenvalue weighted by molar-refractivity contribution is 5.75. The van der Waals surface area contributed by atoms with E-state index in [0.29, 0.717) is 13.0 Å². The normalized spacial score (nSPS) is 11.6. The lowest BCUT2D eigenvalue weighted by atomic mass is 10.1. The Labute approximate surface area is 95.6 Å². The molecule has 1 rings (SSSR count). The molecule has 1 atom stereocenters. The molecule has 16 heavy (non-hydrogen) atoms. The van der Waals surface area contributed by atoms with Crippen molar-refractivity contribution in [3.05, 3.63) is 35.4 Å². The van der Waals surface area contributed by atoms with Crippen molar-refractivity contribution in [2.75, 3.05) is 6.61 Å². The Kier molecular flexibility index (Phi) is 4.56. The number of rotatable bonds is 4. The number of carbonyl (C=O) groups is 1. The molecule has 0 aliphatic heterocycles. The van der Waals surface area contributed by atoms with Crippen LogP contribution in [0, 0.1) is 12.3 Å². The maximum atomic E-state index is 11.3. The molecule has 0 aromatic heterocycles. The average Bonchev–Trinajstić information content (AvgIpc) is 2.30. The fourth-order valence-corrected chi connectivity index (χ4v) is 1.32. The smallest absolute Gasteiger partial charge is 0.323 e. The summed E-state index contributed by atoms with van der Waals surface area (Å²) in [5.41, 5.74) is 7.48. The number of terminal acetylenes is 1. The van der Waals surface area contributed by atoms with Crippen molar-refractivity contribution in [2.45, 2.75) is 19.4 Å². The molecular weight excluding hydrogens is 202 g/mol. The van der Waals surface area contributed by atoms with Gasteiger partial charge in [-0.1, -0.05) is 18.1 Å². The Morgan fingerprint density at radius 2 is 2.12 bits per heavy atom. The molecule has 0 spiro atoms. The van der Waals surface area contributed by atoms with Crippen LogP contribution in [0.3, 0.4) is 0 Å². The molecule has 84 valence electrons. The molecule has 0 amide bonds. The van der Waals surface area contributed by atoms with E-state index in [0.717, 1.165) is 11.1 Å². The van der Waals surface area contributed by atoms with Gasteiger partial charge in [0.25, 0.3) is 0 Å². The molecule has 0 radical (unpaired) electrons. The first-order valence-corrected chi connectivity index (χ1v) is 5.15. The average molecular weight is 217 g/mol. The Hall–Kier alpha value is -1.79. The fourth-order valence-electron chi connectivity index (χ4n) is 1.32. The highest BCUT2D eigenvalue weighted by atomic mass is 16.5. The number of hydrogen-bond acceptors (Lipinski definition) is 3. The van der Waals surface area contributed by atoms with Crippen LogP contribution >= 0.6 is 0 Å². The Bertz CT molecular complexity index is 389. The van der Waals surface area contributed by atoms with Gasteiger partial charge in [-0.15, -0.1) is 6.42 Å². The first-order chi connectivity index (χ1) is 7.67. The van der Waals surface area contributed by atoms with Gasteiger partial charge >= 0.3 is 5.97 Å². The third-order valence-electron chi connectivity index (χ3n) is 2.17. The summed E-state index contributed by atoms with van der Waals surface area (Å²) in [4.78, 5) is 11.3. The predicted molar refractivity (Wildman–Crippen MR) is 62.7 cm³/mol. The number of nitrogens with two attached hydrogens (primary N) is 1. The minimum absolute atomic E-state index is 0.350. The lowest BCUT2D eigenvalue weighted by Gasteiger charge is -2.10. The molecule has 0 saturated carbocycles. The molecule has 0 fully saturated rings. The second-order valence-electron chi connectivity index (χ2n) is 3.40. The summed E-state index contributed by atoms with van der Waals surface area (Å²) in [5, 5.41) is 0. The fraction of sp³-hybridized carbons (Fsp3) is 0.308.